The first-order chi connectivity index (χ1) is 12.0. The Balaban J connectivity index is 1.83. The Morgan fingerprint density at radius 3 is 2.44 bits per heavy atom. The topological polar surface area (TPSA) is 14.2 Å². The van der Waals surface area contributed by atoms with Crippen LogP contribution in [0.5, 0.6) is 0 Å². The number of rotatable bonds is 6. The van der Waals surface area contributed by atoms with Crippen LogP contribution < -0.4 is 0 Å². The third-order valence-corrected chi connectivity index (χ3v) is 4.85. The zero-order valence-corrected chi connectivity index (χ0v) is 15.9. The van der Waals surface area contributed by atoms with E-state index in [0.29, 0.717) is 23.2 Å². The van der Waals surface area contributed by atoms with Gasteiger partial charge in [-0.3, -0.25) is 0 Å². The lowest BCUT2D eigenvalue weighted by Gasteiger charge is -2.21. The maximum absolute atomic E-state index is 6.42. The number of ether oxygens (including phenoxy) is 1. The summed E-state index contributed by atoms with van der Waals surface area (Å²) in [6, 6.07) is 16.0. The summed E-state index contributed by atoms with van der Waals surface area (Å²) in [6.45, 7) is 5.44. The molecule has 0 saturated carbocycles. The zero-order chi connectivity index (χ0) is 17.8. The molecule has 0 fully saturated rings. The van der Waals surface area contributed by atoms with Crippen LogP contribution in [0.2, 0.25) is 10.0 Å². The fourth-order valence-corrected chi connectivity index (χ4v) is 3.42. The lowest BCUT2D eigenvalue weighted by molar-refractivity contribution is 0.0279. The van der Waals surface area contributed by atoms with Gasteiger partial charge in [-0.25, -0.2) is 0 Å². The summed E-state index contributed by atoms with van der Waals surface area (Å²) in [4.78, 5) is 0. The van der Waals surface area contributed by atoms with E-state index < -0.39 is 0 Å². The van der Waals surface area contributed by atoms with E-state index in [2.05, 4.69) is 36.6 Å². The van der Waals surface area contributed by atoms with Crippen molar-refractivity contribution in [3.05, 3.63) is 93.2 Å². The number of aromatic nitrogens is 1. The van der Waals surface area contributed by atoms with E-state index in [9.17, 15) is 0 Å². The fraction of sp³-hybridized carbons (Fsp3) is 0.238. The average Bonchev–Trinajstić information content (AvgIpc) is 3.06. The van der Waals surface area contributed by atoms with Gasteiger partial charge < -0.3 is 9.30 Å². The second-order valence-corrected chi connectivity index (χ2v) is 7.12. The lowest BCUT2D eigenvalue weighted by atomic mass is 10.1. The first-order valence-electron chi connectivity index (χ1n) is 8.26. The highest BCUT2D eigenvalue weighted by atomic mass is 35.5. The van der Waals surface area contributed by atoms with Gasteiger partial charge in [0.2, 0.25) is 0 Å². The van der Waals surface area contributed by atoms with Gasteiger partial charge in [0.05, 0.1) is 13.2 Å². The van der Waals surface area contributed by atoms with Crippen LogP contribution in [0.4, 0.5) is 0 Å². The molecule has 0 saturated heterocycles. The van der Waals surface area contributed by atoms with E-state index in [1.54, 1.807) is 6.07 Å². The molecule has 0 aliphatic rings. The smallest absolute Gasteiger partial charge is 0.102 e. The number of hydrogen-bond acceptors (Lipinski definition) is 1. The molecule has 1 unspecified atom stereocenters. The second kappa shape index (κ2) is 8.09. The average molecular weight is 374 g/mol. The molecule has 1 atom stereocenters. The van der Waals surface area contributed by atoms with Gasteiger partial charge in [0.25, 0.3) is 0 Å². The van der Waals surface area contributed by atoms with Crippen LogP contribution in [0.1, 0.15) is 28.4 Å². The fourth-order valence-electron chi connectivity index (χ4n) is 2.88. The van der Waals surface area contributed by atoms with Crippen LogP contribution >= 0.6 is 23.2 Å². The van der Waals surface area contributed by atoms with Crippen molar-refractivity contribution in [2.75, 3.05) is 0 Å². The SMILES string of the molecule is Cc1ccc(COC(Cn2cccc2)c2ccc(Cl)cc2Cl)c(C)c1. The van der Waals surface area contributed by atoms with Crippen molar-refractivity contribution in [2.45, 2.75) is 33.1 Å². The summed E-state index contributed by atoms with van der Waals surface area (Å²) in [5.74, 6) is 0. The van der Waals surface area contributed by atoms with Crippen LogP contribution in [0.25, 0.3) is 0 Å². The minimum Gasteiger partial charge on any atom is -0.367 e. The summed E-state index contributed by atoms with van der Waals surface area (Å²) < 4.78 is 8.38. The summed E-state index contributed by atoms with van der Waals surface area (Å²) in [6.07, 6.45) is 3.90. The van der Waals surface area contributed by atoms with Crippen molar-refractivity contribution in [3.8, 4) is 0 Å². The molecule has 25 heavy (non-hydrogen) atoms. The summed E-state index contributed by atoms with van der Waals surface area (Å²) in [7, 11) is 0. The van der Waals surface area contributed by atoms with Crippen molar-refractivity contribution in [1.82, 2.24) is 4.57 Å². The molecule has 0 amide bonds. The van der Waals surface area contributed by atoms with Gasteiger partial charge in [-0.2, -0.15) is 0 Å². The first-order valence-corrected chi connectivity index (χ1v) is 9.02. The predicted molar refractivity (Wildman–Crippen MR) is 104 cm³/mol. The highest BCUT2D eigenvalue weighted by Crippen LogP contribution is 2.30. The quantitative estimate of drug-likeness (QED) is 0.489. The van der Waals surface area contributed by atoms with E-state index >= 15 is 0 Å². The van der Waals surface area contributed by atoms with E-state index in [4.69, 9.17) is 27.9 Å². The Labute approximate surface area is 159 Å². The Hall–Kier alpha value is -1.74. The molecule has 3 aromatic rings. The van der Waals surface area contributed by atoms with Crippen LogP contribution in [0.15, 0.2) is 60.9 Å². The van der Waals surface area contributed by atoms with Gasteiger partial charge in [0, 0.05) is 28.0 Å². The van der Waals surface area contributed by atoms with Crippen molar-refractivity contribution >= 4 is 23.2 Å². The van der Waals surface area contributed by atoms with Crippen molar-refractivity contribution in [1.29, 1.82) is 0 Å². The molecule has 0 bridgehead atoms. The molecule has 4 heteroatoms. The van der Waals surface area contributed by atoms with E-state index in [-0.39, 0.29) is 6.10 Å². The van der Waals surface area contributed by atoms with Crippen molar-refractivity contribution in [3.63, 3.8) is 0 Å². The Morgan fingerprint density at radius 2 is 1.76 bits per heavy atom. The van der Waals surface area contributed by atoms with Crippen LogP contribution in [-0.4, -0.2) is 4.57 Å². The predicted octanol–water partition coefficient (Wildman–Crippen LogP) is 6.37. The number of benzene rings is 2. The largest absolute Gasteiger partial charge is 0.367 e. The lowest BCUT2D eigenvalue weighted by Crippen LogP contribution is -2.13. The molecule has 0 aliphatic heterocycles. The van der Waals surface area contributed by atoms with Gasteiger partial charge >= 0.3 is 0 Å². The van der Waals surface area contributed by atoms with Crippen LogP contribution in [-0.2, 0) is 17.9 Å². The normalized spacial score (nSPS) is 12.3. The maximum Gasteiger partial charge on any atom is 0.102 e. The minimum absolute atomic E-state index is 0.155. The Bertz CT molecular complexity index is 843. The van der Waals surface area contributed by atoms with Crippen molar-refractivity contribution in [2.24, 2.45) is 0 Å². The number of halogens is 2. The number of hydrogen-bond donors (Lipinski definition) is 0. The number of nitrogens with zero attached hydrogens (tertiary/aromatic N) is 1. The zero-order valence-electron chi connectivity index (χ0n) is 14.4. The Morgan fingerprint density at radius 1 is 1.00 bits per heavy atom. The molecule has 130 valence electrons. The van der Waals surface area contributed by atoms with Gasteiger partial charge in [-0.15, -0.1) is 0 Å². The van der Waals surface area contributed by atoms with E-state index in [1.165, 1.54) is 16.7 Å². The van der Waals surface area contributed by atoms with E-state index in [0.717, 1.165) is 5.56 Å². The molecule has 1 aromatic heterocycles. The molecular weight excluding hydrogens is 353 g/mol. The molecule has 2 nitrogen and oxygen atoms in total. The van der Waals surface area contributed by atoms with Gasteiger partial charge in [-0.05, 0) is 49.2 Å². The highest BCUT2D eigenvalue weighted by molar-refractivity contribution is 6.35. The molecule has 2 aromatic carbocycles. The maximum atomic E-state index is 6.42. The second-order valence-electron chi connectivity index (χ2n) is 6.28. The van der Waals surface area contributed by atoms with Crippen molar-refractivity contribution < 1.29 is 4.74 Å². The van der Waals surface area contributed by atoms with Crippen LogP contribution in [0.3, 0.4) is 0 Å². The van der Waals surface area contributed by atoms with Gasteiger partial charge in [0.1, 0.15) is 6.10 Å². The molecular formula is C21H21Cl2NO. The third kappa shape index (κ3) is 4.66. The molecule has 0 N–H and O–H groups in total. The standard InChI is InChI=1S/C21H21Cl2NO/c1-15-5-6-17(16(2)11-15)14-25-21(13-24-9-3-4-10-24)19-8-7-18(22)12-20(19)23/h3-12,21H,13-14H2,1-2H3. The third-order valence-electron chi connectivity index (χ3n) is 4.29. The molecule has 0 aliphatic carbocycles. The molecule has 3 rings (SSSR count). The van der Waals surface area contributed by atoms with Gasteiger partial charge in [-0.1, -0.05) is 53.0 Å². The number of aryl methyl sites for hydroxylation is 2. The molecule has 1 heterocycles. The Kier molecular flexibility index (Phi) is 5.85. The van der Waals surface area contributed by atoms with Crippen LogP contribution in [0, 0.1) is 13.8 Å². The minimum atomic E-state index is -0.155. The summed E-state index contributed by atoms with van der Waals surface area (Å²) in [5, 5.41) is 1.26. The molecule has 0 radical (unpaired) electrons. The molecule has 0 spiro atoms. The first kappa shape index (κ1) is 18.1. The monoisotopic (exact) mass is 373 g/mol. The highest BCUT2D eigenvalue weighted by Gasteiger charge is 2.17. The summed E-state index contributed by atoms with van der Waals surface area (Å²) in [5.41, 5.74) is 4.63. The van der Waals surface area contributed by atoms with Gasteiger partial charge in [0.15, 0.2) is 0 Å². The van der Waals surface area contributed by atoms with E-state index in [1.807, 2.05) is 36.7 Å². The summed E-state index contributed by atoms with van der Waals surface area (Å²) >= 11 is 12.5.